The monoisotopic (exact) mass is 397 g/mol. The summed E-state index contributed by atoms with van der Waals surface area (Å²) in [6.07, 6.45) is 0.785. The number of aromatic carboxylic acids is 1. The second kappa shape index (κ2) is 7.18. The Morgan fingerprint density at radius 1 is 1.07 bits per heavy atom. The Hall–Kier alpha value is -2.63. The van der Waals surface area contributed by atoms with Crippen molar-refractivity contribution in [3.63, 3.8) is 0 Å². The SMILES string of the molecule is O=C(O)c1c(-c2ccc(Cl)cc2)csc1NC(=O)C1CC1c1ccccc1. The summed E-state index contributed by atoms with van der Waals surface area (Å²) in [5.74, 6) is -1.10. The minimum atomic E-state index is -1.06. The predicted molar refractivity (Wildman–Crippen MR) is 108 cm³/mol. The van der Waals surface area contributed by atoms with Crippen LogP contribution in [0, 0.1) is 5.92 Å². The molecule has 4 nitrogen and oxygen atoms in total. The number of carboxylic acid groups (broad SMARTS) is 1. The molecular weight excluding hydrogens is 382 g/mol. The molecular formula is C21H16ClNO3S. The molecule has 2 unspecified atom stereocenters. The Balaban J connectivity index is 1.55. The van der Waals surface area contributed by atoms with E-state index in [2.05, 4.69) is 5.32 Å². The highest BCUT2D eigenvalue weighted by atomic mass is 35.5. The molecule has 0 bridgehead atoms. The smallest absolute Gasteiger partial charge is 0.339 e. The van der Waals surface area contributed by atoms with E-state index in [1.165, 1.54) is 11.3 Å². The second-order valence-corrected chi connectivity index (χ2v) is 7.83. The fourth-order valence-corrected chi connectivity index (χ4v) is 4.35. The molecule has 0 aliphatic heterocycles. The van der Waals surface area contributed by atoms with Gasteiger partial charge in [0.2, 0.25) is 5.91 Å². The van der Waals surface area contributed by atoms with Crippen LogP contribution in [0.5, 0.6) is 0 Å². The topological polar surface area (TPSA) is 66.4 Å². The van der Waals surface area contributed by atoms with Crippen LogP contribution in [0.25, 0.3) is 11.1 Å². The summed E-state index contributed by atoms with van der Waals surface area (Å²) in [7, 11) is 0. The van der Waals surface area contributed by atoms with Gasteiger partial charge in [-0.3, -0.25) is 4.79 Å². The third-order valence-electron chi connectivity index (χ3n) is 4.75. The van der Waals surface area contributed by atoms with Crippen molar-refractivity contribution in [2.45, 2.75) is 12.3 Å². The van der Waals surface area contributed by atoms with Gasteiger partial charge in [-0.1, -0.05) is 54.1 Å². The van der Waals surface area contributed by atoms with E-state index in [9.17, 15) is 14.7 Å². The van der Waals surface area contributed by atoms with E-state index < -0.39 is 5.97 Å². The molecule has 1 fully saturated rings. The maximum atomic E-state index is 12.6. The third-order valence-corrected chi connectivity index (χ3v) is 5.90. The molecule has 2 atom stereocenters. The van der Waals surface area contributed by atoms with Gasteiger partial charge >= 0.3 is 5.97 Å². The maximum absolute atomic E-state index is 12.6. The summed E-state index contributed by atoms with van der Waals surface area (Å²) in [5, 5.41) is 15.2. The molecule has 0 spiro atoms. The molecule has 27 heavy (non-hydrogen) atoms. The van der Waals surface area contributed by atoms with Crippen molar-refractivity contribution in [3.05, 3.63) is 76.1 Å². The number of benzene rings is 2. The average molecular weight is 398 g/mol. The molecule has 4 rings (SSSR count). The highest BCUT2D eigenvalue weighted by molar-refractivity contribution is 7.15. The largest absolute Gasteiger partial charge is 0.478 e. The van der Waals surface area contributed by atoms with Crippen LogP contribution >= 0.6 is 22.9 Å². The summed E-state index contributed by atoms with van der Waals surface area (Å²) in [6, 6.07) is 16.9. The minimum absolute atomic E-state index is 0.116. The van der Waals surface area contributed by atoms with Crippen LogP contribution in [-0.2, 0) is 4.79 Å². The molecule has 3 aromatic rings. The van der Waals surface area contributed by atoms with Crippen LogP contribution in [0.1, 0.15) is 28.3 Å². The standard InChI is InChI=1S/C21H16ClNO3S/c22-14-8-6-13(7-9-14)17-11-27-20(18(17)21(25)26)23-19(24)16-10-15(16)12-4-2-1-3-5-12/h1-9,11,15-16H,10H2,(H,23,24)(H,25,26). The molecule has 1 amide bonds. The van der Waals surface area contributed by atoms with Gasteiger partial charge in [0.15, 0.2) is 0 Å². The highest BCUT2D eigenvalue weighted by Crippen LogP contribution is 2.48. The molecule has 1 aromatic heterocycles. The van der Waals surface area contributed by atoms with Crippen molar-refractivity contribution in [2.75, 3.05) is 5.32 Å². The summed E-state index contributed by atoms with van der Waals surface area (Å²) >= 11 is 7.14. The molecule has 1 aliphatic carbocycles. The molecule has 2 aromatic carbocycles. The van der Waals surface area contributed by atoms with Crippen molar-refractivity contribution >= 4 is 39.8 Å². The molecule has 6 heteroatoms. The van der Waals surface area contributed by atoms with Gasteiger partial charge in [0.25, 0.3) is 0 Å². The average Bonchev–Trinajstić information content (AvgIpc) is 3.37. The first-order valence-corrected chi connectivity index (χ1v) is 9.77. The summed E-state index contributed by atoms with van der Waals surface area (Å²) < 4.78 is 0. The Morgan fingerprint density at radius 2 is 1.78 bits per heavy atom. The number of amides is 1. The number of halogens is 1. The first kappa shape index (κ1) is 17.8. The first-order valence-electron chi connectivity index (χ1n) is 8.51. The number of rotatable bonds is 5. The van der Waals surface area contributed by atoms with Crippen molar-refractivity contribution in [1.82, 2.24) is 0 Å². The Bertz CT molecular complexity index is 998. The lowest BCUT2D eigenvalue weighted by atomic mass is 10.0. The summed E-state index contributed by atoms with van der Waals surface area (Å²) in [5.41, 5.74) is 2.59. The van der Waals surface area contributed by atoms with Crippen LogP contribution < -0.4 is 5.32 Å². The molecule has 0 saturated heterocycles. The quantitative estimate of drug-likeness (QED) is 0.596. The number of carbonyl (C=O) groups is 2. The van der Waals surface area contributed by atoms with Gasteiger partial charge in [-0.2, -0.15) is 0 Å². The number of hydrogen-bond acceptors (Lipinski definition) is 3. The van der Waals surface area contributed by atoms with Crippen LogP contribution in [-0.4, -0.2) is 17.0 Å². The van der Waals surface area contributed by atoms with Crippen molar-refractivity contribution in [2.24, 2.45) is 5.92 Å². The van der Waals surface area contributed by atoms with Gasteiger partial charge in [-0.25, -0.2) is 4.79 Å². The maximum Gasteiger partial charge on any atom is 0.339 e. The fourth-order valence-electron chi connectivity index (χ4n) is 3.26. The van der Waals surface area contributed by atoms with Gasteiger partial charge < -0.3 is 10.4 Å². The Kier molecular flexibility index (Phi) is 4.72. The van der Waals surface area contributed by atoms with Crippen LogP contribution in [0.4, 0.5) is 5.00 Å². The van der Waals surface area contributed by atoms with Gasteiger partial charge in [-0.15, -0.1) is 11.3 Å². The lowest BCUT2D eigenvalue weighted by molar-refractivity contribution is -0.117. The van der Waals surface area contributed by atoms with Crippen molar-refractivity contribution in [3.8, 4) is 11.1 Å². The van der Waals surface area contributed by atoms with E-state index in [0.29, 0.717) is 15.6 Å². The van der Waals surface area contributed by atoms with Crippen molar-refractivity contribution in [1.29, 1.82) is 0 Å². The minimum Gasteiger partial charge on any atom is -0.478 e. The number of carbonyl (C=O) groups excluding carboxylic acids is 1. The van der Waals surface area contributed by atoms with E-state index >= 15 is 0 Å². The molecule has 1 aliphatic rings. The highest BCUT2D eigenvalue weighted by Gasteiger charge is 2.44. The van der Waals surface area contributed by atoms with Gasteiger partial charge in [0, 0.05) is 21.9 Å². The van der Waals surface area contributed by atoms with Crippen LogP contribution in [0.2, 0.25) is 5.02 Å². The molecule has 1 heterocycles. The van der Waals surface area contributed by atoms with Gasteiger partial charge in [0.05, 0.1) is 0 Å². The normalized spacial score (nSPS) is 18.1. The van der Waals surface area contributed by atoms with Gasteiger partial charge in [0.1, 0.15) is 10.6 Å². The number of thiophene rings is 1. The Labute approximate surface area is 165 Å². The fraction of sp³-hybridized carbons (Fsp3) is 0.143. The predicted octanol–water partition coefficient (Wildman–Crippen LogP) is 5.51. The van der Waals surface area contributed by atoms with Gasteiger partial charge in [-0.05, 0) is 35.6 Å². The second-order valence-electron chi connectivity index (χ2n) is 6.51. The summed E-state index contributed by atoms with van der Waals surface area (Å²) in [6.45, 7) is 0. The lowest BCUT2D eigenvalue weighted by Gasteiger charge is -2.06. The van der Waals surface area contributed by atoms with E-state index in [1.54, 1.807) is 29.6 Å². The van der Waals surface area contributed by atoms with E-state index in [0.717, 1.165) is 17.5 Å². The zero-order valence-electron chi connectivity index (χ0n) is 14.2. The van der Waals surface area contributed by atoms with Crippen LogP contribution in [0.15, 0.2) is 60.0 Å². The molecule has 1 saturated carbocycles. The summed E-state index contributed by atoms with van der Waals surface area (Å²) in [4.78, 5) is 24.4. The number of carboxylic acids is 1. The lowest BCUT2D eigenvalue weighted by Crippen LogP contribution is -2.15. The number of anilines is 1. The number of hydrogen-bond donors (Lipinski definition) is 2. The zero-order chi connectivity index (χ0) is 19.0. The third kappa shape index (κ3) is 3.61. The number of nitrogens with one attached hydrogen (secondary N) is 1. The van der Waals surface area contributed by atoms with E-state index in [4.69, 9.17) is 11.6 Å². The van der Waals surface area contributed by atoms with Crippen LogP contribution in [0.3, 0.4) is 0 Å². The molecule has 0 radical (unpaired) electrons. The molecule has 136 valence electrons. The Morgan fingerprint density at radius 3 is 2.44 bits per heavy atom. The zero-order valence-corrected chi connectivity index (χ0v) is 15.8. The van der Waals surface area contributed by atoms with E-state index in [-0.39, 0.29) is 23.3 Å². The first-order chi connectivity index (χ1) is 13.0. The molecule has 2 N–H and O–H groups in total. The van der Waals surface area contributed by atoms with Crippen molar-refractivity contribution < 1.29 is 14.7 Å². The van der Waals surface area contributed by atoms with E-state index in [1.807, 2.05) is 30.3 Å².